The Labute approximate surface area is 355 Å². The number of para-hydroxylation sites is 1. The number of anilines is 3. The van der Waals surface area contributed by atoms with Gasteiger partial charge in [0.25, 0.3) is 0 Å². The van der Waals surface area contributed by atoms with Gasteiger partial charge < -0.3 is 9.32 Å². The molecule has 3 aliphatic rings. The van der Waals surface area contributed by atoms with Crippen molar-refractivity contribution < 1.29 is 9.90 Å². The molecule has 0 saturated heterocycles. The molecule has 0 amide bonds. The molecule has 2 nitrogen and oxygen atoms in total. The highest BCUT2D eigenvalue weighted by atomic mass is 16.3. The van der Waals surface area contributed by atoms with Crippen molar-refractivity contribution in [2.75, 3.05) is 4.90 Å². The molecule has 0 N–H and O–H groups in total. The van der Waals surface area contributed by atoms with E-state index in [0.717, 1.165) is 50.0 Å². The first-order valence-electron chi connectivity index (χ1n) is 22.7. The second-order valence-corrected chi connectivity index (χ2v) is 16.9. The summed E-state index contributed by atoms with van der Waals surface area (Å²) in [6.45, 7) is 4.50. The lowest BCUT2D eigenvalue weighted by Gasteiger charge is -2.32. The molecular formula is C58H39NO. The lowest BCUT2D eigenvalue weighted by atomic mass is 9.70. The number of hydrogen-bond acceptors (Lipinski definition) is 2. The molecule has 13 rings (SSSR count). The third kappa shape index (κ3) is 4.38. The van der Waals surface area contributed by atoms with Crippen LogP contribution in [0.1, 0.15) is 52.7 Å². The Balaban J connectivity index is 1.07. The number of fused-ring (bicyclic) bond motifs is 16. The Morgan fingerprint density at radius 1 is 0.383 bits per heavy atom. The molecule has 3 aliphatic carbocycles. The summed E-state index contributed by atoms with van der Waals surface area (Å²) in [5, 5.41) is 1.92. The molecule has 1 spiro atoms. The molecule has 0 unspecified atom stereocenters. The van der Waals surface area contributed by atoms with Crippen LogP contribution in [0.15, 0.2) is 205 Å². The van der Waals surface area contributed by atoms with Crippen LogP contribution < -0.4 is 4.90 Å². The van der Waals surface area contributed by atoms with Gasteiger partial charge in [-0.15, -0.1) is 0 Å². The number of benzene rings is 9. The van der Waals surface area contributed by atoms with Gasteiger partial charge in [-0.3, -0.25) is 0 Å². The maximum absolute atomic E-state index is 9.90. The molecule has 0 saturated carbocycles. The van der Waals surface area contributed by atoms with Crippen molar-refractivity contribution >= 4 is 39.0 Å². The quantitative estimate of drug-likeness (QED) is 0.177. The minimum atomic E-state index is -0.615. The minimum absolute atomic E-state index is 0.117. The van der Waals surface area contributed by atoms with Gasteiger partial charge in [0.2, 0.25) is 0 Å². The highest BCUT2D eigenvalue weighted by Gasteiger charge is 2.51. The summed E-state index contributed by atoms with van der Waals surface area (Å²) in [5.74, 6) is 0. The van der Waals surface area contributed by atoms with E-state index >= 15 is 0 Å². The molecule has 2 heteroatoms. The smallest absolute Gasteiger partial charge is 0.136 e. The predicted octanol–water partition coefficient (Wildman–Crippen LogP) is 15.4. The van der Waals surface area contributed by atoms with Crippen LogP contribution in [0.3, 0.4) is 0 Å². The summed E-state index contributed by atoms with van der Waals surface area (Å²) in [5.41, 5.74) is 17.2. The third-order valence-electron chi connectivity index (χ3n) is 13.6. The number of hydrogen-bond donors (Lipinski definition) is 0. The molecule has 0 atom stereocenters. The van der Waals surface area contributed by atoms with E-state index in [1.54, 1.807) is 0 Å². The zero-order chi connectivity index (χ0) is 43.2. The van der Waals surface area contributed by atoms with Crippen LogP contribution in [0.5, 0.6) is 0 Å². The highest BCUT2D eigenvalue weighted by molar-refractivity contribution is 6.06. The number of rotatable bonds is 4. The van der Waals surface area contributed by atoms with Crippen molar-refractivity contribution in [3.8, 4) is 44.5 Å². The van der Waals surface area contributed by atoms with Crippen LogP contribution in [-0.2, 0) is 10.8 Å². The Kier molecular flexibility index (Phi) is 5.98. The fourth-order valence-electron chi connectivity index (χ4n) is 10.9. The lowest BCUT2D eigenvalue weighted by molar-refractivity contribution is 0.660. The zero-order valence-corrected chi connectivity index (χ0v) is 33.1. The molecule has 1 aromatic heterocycles. The third-order valence-corrected chi connectivity index (χ3v) is 13.6. The van der Waals surface area contributed by atoms with E-state index in [9.17, 15) is 5.48 Å². The average molecular weight is 770 g/mol. The standard InChI is InChI=1S/C58H39NO/c1-57(2)49-18-8-3-13-41(49)45-31-28-39(34-53(45)57)59(38-26-23-36(24-27-38)37-25-30-48-47-17-7-12-22-55(47)60-56(48)33-37)40-29-32-46-44-16-6-11-21-52(44)58(54(46)35-40)50-19-9-4-14-42(50)43-15-5-10-20-51(43)58/h3-35H,1-2H3/i23D,24D,26D,27D. The van der Waals surface area contributed by atoms with Gasteiger partial charge in [0.15, 0.2) is 0 Å². The van der Waals surface area contributed by atoms with Crippen molar-refractivity contribution in [1.29, 1.82) is 0 Å². The van der Waals surface area contributed by atoms with Crippen LogP contribution in [0.4, 0.5) is 17.1 Å². The maximum Gasteiger partial charge on any atom is 0.136 e. The molecule has 0 aliphatic heterocycles. The minimum Gasteiger partial charge on any atom is -0.456 e. The monoisotopic (exact) mass is 769 g/mol. The van der Waals surface area contributed by atoms with Gasteiger partial charge in [0, 0.05) is 33.2 Å². The molecule has 282 valence electrons. The highest BCUT2D eigenvalue weighted by Crippen LogP contribution is 2.63. The SMILES string of the molecule is [2H]c1c([2H])c(N(c2ccc3c(c2)C(C)(C)c2ccccc2-3)c2ccc3c(c2)C2(c4ccccc4-c4ccccc42)c2ccccc2-3)c([2H])c([2H])c1-c1ccc2c(c1)oc1ccccc12. The van der Waals surface area contributed by atoms with Crippen molar-refractivity contribution in [2.24, 2.45) is 0 Å². The van der Waals surface area contributed by atoms with Crippen LogP contribution in [0, 0.1) is 0 Å². The largest absolute Gasteiger partial charge is 0.456 e. The predicted molar refractivity (Wildman–Crippen MR) is 248 cm³/mol. The summed E-state index contributed by atoms with van der Waals surface area (Å²) in [7, 11) is 0. The van der Waals surface area contributed by atoms with Crippen LogP contribution in [0.25, 0.3) is 66.4 Å². The van der Waals surface area contributed by atoms with Crippen molar-refractivity contribution in [2.45, 2.75) is 24.7 Å². The van der Waals surface area contributed by atoms with Gasteiger partial charge in [-0.1, -0.05) is 159 Å². The molecule has 0 radical (unpaired) electrons. The van der Waals surface area contributed by atoms with Crippen LogP contribution in [-0.4, -0.2) is 0 Å². The lowest BCUT2D eigenvalue weighted by Crippen LogP contribution is -2.26. The van der Waals surface area contributed by atoms with E-state index in [4.69, 9.17) is 4.42 Å². The van der Waals surface area contributed by atoms with Crippen molar-refractivity contribution in [3.05, 3.63) is 233 Å². The average Bonchev–Trinajstić information content (AvgIpc) is 4.01. The van der Waals surface area contributed by atoms with Crippen LogP contribution >= 0.6 is 0 Å². The molecule has 10 aromatic rings. The zero-order valence-electron chi connectivity index (χ0n) is 37.1. The number of nitrogens with zero attached hydrogens (tertiary/aromatic N) is 1. The van der Waals surface area contributed by atoms with E-state index in [2.05, 4.69) is 147 Å². The first kappa shape index (κ1) is 29.7. The summed E-state index contributed by atoms with van der Waals surface area (Å²) in [6.07, 6.45) is 0. The number of furan rings is 1. The summed E-state index contributed by atoms with van der Waals surface area (Å²) >= 11 is 0. The van der Waals surface area contributed by atoms with Gasteiger partial charge in [-0.05, 0) is 132 Å². The summed E-state index contributed by atoms with van der Waals surface area (Å²) < 4.78 is 45.4. The molecule has 0 bridgehead atoms. The van der Waals surface area contributed by atoms with E-state index in [-0.39, 0.29) is 40.8 Å². The maximum atomic E-state index is 9.90. The van der Waals surface area contributed by atoms with E-state index in [1.807, 2.05) is 47.4 Å². The second kappa shape index (κ2) is 12.1. The van der Waals surface area contributed by atoms with E-state index in [1.165, 1.54) is 44.5 Å². The van der Waals surface area contributed by atoms with Crippen molar-refractivity contribution in [1.82, 2.24) is 0 Å². The summed E-state index contributed by atoms with van der Waals surface area (Å²) in [4.78, 5) is 1.97. The van der Waals surface area contributed by atoms with Gasteiger partial charge >= 0.3 is 0 Å². The van der Waals surface area contributed by atoms with Gasteiger partial charge in [-0.25, -0.2) is 0 Å². The molecule has 9 aromatic carbocycles. The van der Waals surface area contributed by atoms with Gasteiger partial charge in [0.1, 0.15) is 11.2 Å². The molecule has 1 heterocycles. The van der Waals surface area contributed by atoms with E-state index < -0.39 is 5.41 Å². The van der Waals surface area contributed by atoms with Gasteiger partial charge in [-0.2, -0.15) is 0 Å². The Morgan fingerprint density at radius 2 is 0.867 bits per heavy atom. The fourth-order valence-corrected chi connectivity index (χ4v) is 10.9. The van der Waals surface area contributed by atoms with Gasteiger partial charge in [0.05, 0.1) is 10.9 Å². The van der Waals surface area contributed by atoms with E-state index in [0.29, 0.717) is 11.1 Å². The Hall–Kier alpha value is -7.42. The molecule has 60 heavy (non-hydrogen) atoms. The Bertz CT molecular complexity index is 3580. The molecular weight excluding hydrogens is 727 g/mol. The first-order valence-corrected chi connectivity index (χ1v) is 20.7. The fraction of sp³-hybridized carbons (Fsp3) is 0.0690. The van der Waals surface area contributed by atoms with Crippen LogP contribution in [0.2, 0.25) is 0 Å². The van der Waals surface area contributed by atoms with Crippen molar-refractivity contribution in [3.63, 3.8) is 0 Å². The molecule has 0 fully saturated rings. The Morgan fingerprint density at radius 3 is 1.50 bits per heavy atom. The topological polar surface area (TPSA) is 16.4 Å². The first-order chi connectivity index (χ1) is 31.2. The normalized spacial score (nSPS) is 15.4. The summed E-state index contributed by atoms with van der Waals surface area (Å²) in [6, 6.07) is 60.7. The second-order valence-electron chi connectivity index (χ2n) is 16.9.